The van der Waals surface area contributed by atoms with E-state index in [1.807, 2.05) is 7.05 Å². The number of rotatable bonds is 5. The number of hydrogen-bond donors (Lipinski definition) is 1. The molecule has 2 unspecified atom stereocenters. The van der Waals surface area contributed by atoms with E-state index in [0.717, 1.165) is 51.6 Å². The second-order valence-corrected chi connectivity index (χ2v) is 6.56. The molecule has 1 N–H and O–H groups in total. The lowest BCUT2D eigenvalue weighted by atomic mass is 10.1. The van der Waals surface area contributed by atoms with Crippen molar-refractivity contribution in [1.82, 2.24) is 10.2 Å². The maximum atomic E-state index is 5.92. The van der Waals surface area contributed by atoms with Crippen molar-refractivity contribution in [2.75, 3.05) is 40.5 Å². The Balaban J connectivity index is 0.00000243. The van der Waals surface area contributed by atoms with E-state index < -0.39 is 0 Å². The third-order valence-electron chi connectivity index (χ3n) is 4.77. The van der Waals surface area contributed by atoms with Crippen LogP contribution in [-0.4, -0.2) is 63.5 Å². The first-order chi connectivity index (χ1) is 12.3. The van der Waals surface area contributed by atoms with Crippen molar-refractivity contribution in [2.24, 2.45) is 4.99 Å². The summed E-state index contributed by atoms with van der Waals surface area (Å²) in [7, 11) is 3.55. The zero-order chi connectivity index (χ0) is 17.5. The van der Waals surface area contributed by atoms with Crippen LogP contribution in [0.25, 0.3) is 0 Å². The Hall–Kier alpha value is -0.900. The molecule has 0 amide bonds. The van der Waals surface area contributed by atoms with Crippen LogP contribution in [0.3, 0.4) is 0 Å². The molecule has 0 spiro atoms. The Morgan fingerprint density at radius 2 is 1.92 bits per heavy atom. The molecule has 2 aliphatic rings. The summed E-state index contributed by atoms with van der Waals surface area (Å²) < 4.78 is 16.9. The molecule has 3 rings (SSSR count). The first-order valence-electron chi connectivity index (χ1n) is 9.05. The van der Waals surface area contributed by atoms with Crippen LogP contribution >= 0.6 is 24.0 Å². The smallest absolute Gasteiger partial charge is 0.194 e. The van der Waals surface area contributed by atoms with E-state index in [2.05, 4.69) is 39.5 Å². The zero-order valence-corrected chi connectivity index (χ0v) is 18.0. The van der Waals surface area contributed by atoms with Crippen LogP contribution in [0.5, 0.6) is 0 Å². The number of guanidine groups is 1. The molecule has 0 aromatic heterocycles. The number of ether oxygens (including phenoxy) is 3. The van der Waals surface area contributed by atoms with E-state index in [1.54, 1.807) is 7.11 Å². The number of nitrogens with zero attached hydrogens (tertiary/aromatic N) is 2. The van der Waals surface area contributed by atoms with E-state index >= 15 is 0 Å². The number of benzene rings is 1. The van der Waals surface area contributed by atoms with Crippen LogP contribution in [0.1, 0.15) is 24.0 Å². The maximum Gasteiger partial charge on any atom is 0.194 e. The fourth-order valence-corrected chi connectivity index (χ4v) is 3.42. The first-order valence-corrected chi connectivity index (χ1v) is 9.05. The summed E-state index contributed by atoms with van der Waals surface area (Å²) in [4.78, 5) is 6.72. The molecule has 2 heterocycles. The summed E-state index contributed by atoms with van der Waals surface area (Å²) in [5.74, 6) is 0.923. The van der Waals surface area contributed by atoms with Crippen LogP contribution < -0.4 is 5.32 Å². The Bertz CT molecular complexity index is 562. The van der Waals surface area contributed by atoms with E-state index in [0.29, 0.717) is 6.61 Å². The van der Waals surface area contributed by atoms with Gasteiger partial charge in [0.15, 0.2) is 5.96 Å². The van der Waals surface area contributed by atoms with Crippen molar-refractivity contribution in [3.05, 3.63) is 35.4 Å². The lowest BCUT2D eigenvalue weighted by molar-refractivity contribution is -0.0817. The topological polar surface area (TPSA) is 55.3 Å². The van der Waals surface area contributed by atoms with Crippen molar-refractivity contribution in [2.45, 2.75) is 38.2 Å². The van der Waals surface area contributed by atoms with Crippen molar-refractivity contribution in [1.29, 1.82) is 0 Å². The monoisotopic (exact) mass is 475 g/mol. The largest absolute Gasteiger partial charge is 0.380 e. The van der Waals surface area contributed by atoms with Crippen LogP contribution in [0.15, 0.2) is 29.3 Å². The average molecular weight is 475 g/mol. The lowest BCUT2D eigenvalue weighted by Gasteiger charge is -2.37. The molecule has 7 heteroatoms. The van der Waals surface area contributed by atoms with E-state index in [9.17, 15) is 0 Å². The summed E-state index contributed by atoms with van der Waals surface area (Å²) >= 11 is 0. The minimum Gasteiger partial charge on any atom is -0.380 e. The lowest BCUT2D eigenvalue weighted by Crippen LogP contribution is -2.53. The predicted octanol–water partition coefficient (Wildman–Crippen LogP) is 2.41. The third-order valence-corrected chi connectivity index (χ3v) is 4.77. The minimum absolute atomic E-state index is 0. The molecule has 2 atom stereocenters. The van der Waals surface area contributed by atoms with Gasteiger partial charge in [-0.05, 0) is 24.0 Å². The van der Waals surface area contributed by atoms with Crippen LogP contribution in [0.2, 0.25) is 0 Å². The fourth-order valence-electron chi connectivity index (χ4n) is 3.42. The highest BCUT2D eigenvalue weighted by Gasteiger charge is 2.32. The standard InChI is InChI=1S/C19H29N3O3.HI/c1-20-19(21-12-15-5-7-16(8-6-15)14-23-2)22-9-11-25-18(13-22)17-4-3-10-24-17;/h5-8,17-18H,3-4,9-14H2,1-2H3,(H,20,21);1H. The quantitative estimate of drug-likeness (QED) is 0.403. The molecule has 6 nitrogen and oxygen atoms in total. The van der Waals surface area contributed by atoms with Crippen LogP contribution in [0.4, 0.5) is 0 Å². The zero-order valence-electron chi connectivity index (χ0n) is 15.6. The van der Waals surface area contributed by atoms with Gasteiger partial charge in [-0.3, -0.25) is 4.99 Å². The molecule has 2 fully saturated rings. The summed E-state index contributed by atoms with van der Waals surface area (Å²) in [6.07, 6.45) is 2.60. The van der Waals surface area contributed by atoms with Gasteiger partial charge in [0.05, 0.1) is 19.3 Å². The molecule has 146 valence electrons. The minimum atomic E-state index is 0. The number of morpholine rings is 1. The third kappa shape index (κ3) is 5.80. The Morgan fingerprint density at radius 1 is 1.19 bits per heavy atom. The highest BCUT2D eigenvalue weighted by atomic mass is 127. The number of halogens is 1. The van der Waals surface area contributed by atoms with Crippen molar-refractivity contribution in [3.8, 4) is 0 Å². The summed E-state index contributed by atoms with van der Waals surface area (Å²) in [5, 5.41) is 3.47. The molecular weight excluding hydrogens is 445 g/mol. The molecule has 0 aliphatic carbocycles. The predicted molar refractivity (Wildman–Crippen MR) is 113 cm³/mol. The summed E-state index contributed by atoms with van der Waals surface area (Å²) in [6, 6.07) is 8.46. The van der Waals surface area contributed by atoms with Gasteiger partial charge >= 0.3 is 0 Å². The van der Waals surface area contributed by atoms with E-state index in [4.69, 9.17) is 14.2 Å². The maximum absolute atomic E-state index is 5.92. The second-order valence-electron chi connectivity index (χ2n) is 6.56. The average Bonchev–Trinajstić information content (AvgIpc) is 3.19. The SMILES string of the molecule is CN=C(NCc1ccc(COC)cc1)N1CCOC(C2CCCO2)C1.I. The van der Waals surface area contributed by atoms with Crippen molar-refractivity contribution >= 4 is 29.9 Å². The normalized spacial score (nSPS) is 23.6. The molecule has 0 radical (unpaired) electrons. The van der Waals surface area contributed by atoms with Gasteiger partial charge in [0, 0.05) is 40.4 Å². The highest BCUT2D eigenvalue weighted by Crippen LogP contribution is 2.21. The van der Waals surface area contributed by atoms with Gasteiger partial charge < -0.3 is 24.4 Å². The van der Waals surface area contributed by atoms with Gasteiger partial charge in [0.25, 0.3) is 0 Å². The second kappa shape index (κ2) is 11.1. The van der Waals surface area contributed by atoms with Crippen molar-refractivity contribution in [3.63, 3.8) is 0 Å². The molecular formula is C19H30IN3O3. The molecule has 2 saturated heterocycles. The van der Waals surface area contributed by atoms with Gasteiger partial charge in [-0.15, -0.1) is 24.0 Å². The number of methoxy groups -OCH3 is 1. The van der Waals surface area contributed by atoms with E-state index in [-0.39, 0.29) is 36.2 Å². The van der Waals surface area contributed by atoms with E-state index in [1.165, 1.54) is 11.1 Å². The molecule has 0 bridgehead atoms. The van der Waals surface area contributed by atoms with Gasteiger partial charge in [-0.1, -0.05) is 24.3 Å². The Morgan fingerprint density at radius 3 is 2.58 bits per heavy atom. The van der Waals surface area contributed by atoms with Gasteiger partial charge in [0.1, 0.15) is 6.10 Å². The first kappa shape index (κ1) is 21.4. The molecule has 0 saturated carbocycles. The summed E-state index contributed by atoms with van der Waals surface area (Å²) in [6.45, 7) is 4.66. The Labute approximate surface area is 173 Å². The highest BCUT2D eigenvalue weighted by molar-refractivity contribution is 14.0. The van der Waals surface area contributed by atoms with Gasteiger partial charge in [-0.2, -0.15) is 0 Å². The number of aliphatic imine (C=N–C) groups is 1. The molecule has 1 aromatic carbocycles. The van der Waals surface area contributed by atoms with Crippen molar-refractivity contribution < 1.29 is 14.2 Å². The molecule has 1 aromatic rings. The fraction of sp³-hybridized carbons (Fsp3) is 0.632. The van der Waals surface area contributed by atoms with Crippen LogP contribution in [-0.2, 0) is 27.4 Å². The summed E-state index contributed by atoms with van der Waals surface area (Å²) in [5.41, 5.74) is 2.41. The Kier molecular flexibility index (Phi) is 9.10. The van der Waals surface area contributed by atoms with Crippen LogP contribution in [0, 0.1) is 0 Å². The van der Waals surface area contributed by atoms with Gasteiger partial charge in [-0.25, -0.2) is 0 Å². The van der Waals surface area contributed by atoms with Gasteiger partial charge in [0.2, 0.25) is 0 Å². The molecule has 26 heavy (non-hydrogen) atoms. The number of hydrogen-bond acceptors (Lipinski definition) is 4. The molecule has 2 aliphatic heterocycles. The number of nitrogens with one attached hydrogen (secondary N) is 1.